The standard InChI is InChI=1S/C19H19F3N4OS/c20-19(21,22)27-14-3-1-4-15(11-14)28-26-12-17(18-16(26)5-2-8-24-18)25-9-6-13(23)7-10-25/h1-5,8,11-13H,6-7,9-10,23H2. The highest BCUT2D eigenvalue weighted by atomic mass is 32.2. The van der Waals surface area contributed by atoms with E-state index in [-0.39, 0.29) is 11.8 Å². The Balaban J connectivity index is 1.64. The first-order chi connectivity index (χ1) is 13.4. The Labute approximate surface area is 164 Å². The van der Waals surface area contributed by atoms with Gasteiger partial charge in [0, 0.05) is 36.4 Å². The molecule has 0 radical (unpaired) electrons. The minimum absolute atomic E-state index is 0.225. The van der Waals surface area contributed by atoms with E-state index < -0.39 is 6.36 Å². The average molecular weight is 408 g/mol. The molecule has 0 atom stereocenters. The number of hydrogen-bond acceptors (Lipinski definition) is 5. The monoisotopic (exact) mass is 408 g/mol. The van der Waals surface area contributed by atoms with Gasteiger partial charge in [0.05, 0.1) is 11.2 Å². The molecule has 3 aromatic rings. The largest absolute Gasteiger partial charge is 0.573 e. The third-order valence-corrected chi connectivity index (χ3v) is 5.59. The van der Waals surface area contributed by atoms with Gasteiger partial charge in [-0.1, -0.05) is 6.07 Å². The zero-order chi connectivity index (χ0) is 19.7. The summed E-state index contributed by atoms with van der Waals surface area (Å²) in [4.78, 5) is 7.42. The quantitative estimate of drug-likeness (QED) is 0.693. The summed E-state index contributed by atoms with van der Waals surface area (Å²) < 4.78 is 43.4. The Hall–Kier alpha value is -2.39. The normalized spacial score (nSPS) is 15.9. The Morgan fingerprint density at radius 2 is 1.93 bits per heavy atom. The summed E-state index contributed by atoms with van der Waals surface area (Å²) in [5, 5.41) is 0. The molecule has 3 heterocycles. The van der Waals surface area contributed by atoms with Crippen LogP contribution < -0.4 is 15.4 Å². The lowest BCUT2D eigenvalue weighted by atomic mass is 10.1. The van der Waals surface area contributed by atoms with Crippen molar-refractivity contribution in [3.63, 3.8) is 0 Å². The highest BCUT2D eigenvalue weighted by Gasteiger charge is 2.31. The minimum Gasteiger partial charge on any atom is -0.406 e. The molecule has 1 aliphatic rings. The number of anilines is 1. The highest BCUT2D eigenvalue weighted by molar-refractivity contribution is 7.98. The van der Waals surface area contributed by atoms with Crippen LogP contribution in [0.15, 0.2) is 53.7 Å². The number of ether oxygens (including phenoxy) is 1. The zero-order valence-corrected chi connectivity index (χ0v) is 15.7. The van der Waals surface area contributed by atoms with Crippen LogP contribution in [-0.4, -0.2) is 34.5 Å². The van der Waals surface area contributed by atoms with E-state index >= 15 is 0 Å². The lowest BCUT2D eigenvalue weighted by molar-refractivity contribution is -0.274. The Kier molecular flexibility index (Phi) is 5.11. The molecule has 1 aliphatic heterocycles. The number of halogens is 3. The molecule has 0 aliphatic carbocycles. The van der Waals surface area contributed by atoms with E-state index in [0.29, 0.717) is 4.90 Å². The van der Waals surface area contributed by atoms with E-state index in [4.69, 9.17) is 5.73 Å². The molecule has 0 saturated carbocycles. The van der Waals surface area contributed by atoms with Gasteiger partial charge >= 0.3 is 6.36 Å². The van der Waals surface area contributed by atoms with Crippen molar-refractivity contribution in [2.24, 2.45) is 5.73 Å². The molecule has 2 N–H and O–H groups in total. The molecule has 1 saturated heterocycles. The number of hydrogen-bond donors (Lipinski definition) is 1. The summed E-state index contributed by atoms with van der Waals surface area (Å²) in [5.41, 5.74) is 8.79. The maximum absolute atomic E-state index is 12.5. The Morgan fingerprint density at radius 1 is 1.14 bits per heavy atom. The molecule has 0 spiro atoms. The van der Waals surface area contributed by atoms with E-state index in [9.17, 15) is 13.2 Å². The minimum atomic E-state index is -4.71. The van der Waals surface area contributed by atoms with Gasteiger partial charge in [0.25, 0.3) is 0 Å². The van der Waals surface area contributed by atoms with Crippen LogP contribution in [0.4, 0.5) is 18.9 Å². The molecule has 1 aromatic carbocycles. The molecular formula is C19H19F3N4OS. The number of rotatable bonds is 4. The molecule has 148 valence electrons. The number of alkyl halides is 3. The predicted octanol–water partition coefficient (Wildman–Crippen LogP) is 4.42. The van der Waals surface area contributed by atoms with Gasteiger partial charge in [-0.3, -0.25) is 8.96 Å². The molecule has 9 heteroatoms. The van der Waals surface area contributed by atoms with Crippen molar-refractivity contribution >= 4 is 28.7 Å². The van der Waals surface area contributed by atoms with Crippen LogP contribution in [0.25, 0.3) is 11.0 Å². The topological polar surface area (TPSA) is 56.3 Å². The van der Waals surface area contributed by atoms with Gasteiger partial charge in [0.15, 0.2) is 0 Å². The average Bonchev–Trinajstić information content (AvgIpc) is 3.00. The molecule has 2 aromatic heterocycles. The first-order valence-electron chi connectivity index (χ1n) is 8.90. The van der Waals surface area contributed by atoms with Crippen LogP contribution >= 0.6 is 11.9 Å². The Bertz CT molecular complexity index is 967. The number of pyridine rings is 1. The van der Waals surface area contributed by atoms with Crippen molar-refractivity contribution in [3.8, 4) is 5.75 Å². The fraction of sp³-hybridized carbons (Fsp3) is 0.316. The van der Waals surface area contributed by atoms with E-state index in [1.807, 2.05) is 22.3 Å². The van der Waals surface area contributed by atoms with Gasteiger partial charge in [0.1, 0.15) is 11.3 Å². The maximum atomic E-state index is 12.5. The number of aromatic nitrogens is 2. The van der Waals surface area contributed by atoms with Gasteiger partial charge in [-0.25, -0.2) is 0 Å². The molecule has 0 bridgehead atoms. The van der Waals surface area contributed by atoms with E-state index in [2.05, 4.69) is 14.6 Å². The van der Waals surface area contributed by atoms with E-state index in [0.717, 1.165) is 42.7 Å². The summed E-state index contributed by atoms with van der Waals surface area (Å²) >= 11 is 1.32. The summed E-state index contributed by atoms with van der Waals surface area (Å²) in [7, 11) is 0. The number of benzene rings is 1. The zero-order valence-electron chi connectivity index (χ0n) is 14.9. The smallest absolute Gasteiger partial charge is 0.406 e. The fourth-order valence-corrected chi connectivity index (χ4v) is 4.24. The second-order valence-corrected chi connectivity index (χ2v) is 7.70. The van der Waals surface area contributed by atoms with Crippen LogP contribution in [0, 0.1) is 0 Å². The summed E-state index contributed by atoms with van der Waals surface area (Å²) in [5.74, 6) is -0.239. The highest BCUT2D eigenvalue weighted by Crippen LogP contribution is 2.35. The van der Waals surface area contributed by atoms with Gasteiger partial charge in [-0.15, -0.1) is 13.2 Å². The van der Waals surface area contributed by atoms with Crippen molar-refractivity contribution in [2.45, 2.75) is 30.1 Å². The van der Waals surface area contributed by atoms with Crippen LogP contribution in [-0.2, 0) is 0 Å². The predicted molar refractivity (Wildman–Crippen MR) is 104 cm³/mol. The first kappa shape index (κ1) is 18.9. The van der Waals surface area contributed by atoms with E-state index in [1.54, 1.807) is 18.3 Å². The van der Waals surface area contributed by atoms with Crippen molar-refractivity contribution in [2.75, 3.05) is 18.0 Å². The fourth-order valence-electron chi connectivity index (χ4n) is 3.30. The SMILES string of the molecule is NC1CCN(c2cn(Sc3cccc(OC(F)(F)F)c3)c3cccnc23)CC1. The van der Waals surface area contributed by atoms with Gasteiger partial charge in [-0.2, -0.15) is 0 Å². The number of piperidine rings is 1. The van der Waals surface area contributed by atoms with Gasteiger partial charge < -0.3 is 15.4 Å². The first-order valence-corrected chi connectivity index (χ1v) is 9.67. The molecule has 1 fully saturated rings. The summed E-state index contributed by atoms with van der Waals surface area (Å²) in [6, 6.07) is 9.97. The van der Waals surface area contributed by atoms with Crippen molar-refractivity contribution in [1.82, 2.24) is 8.96 Å². The van der Waals surface area contributed by atoms with Gasteiger partial charge in [-0.05, 0) is 55.1 Å². The number of fused-ring (bicyclic) bond motifs is 1. The van der Waals surface area contributed by atoms with Gasteiger partial charge in [0.2, 0.25) is 0 Å². The third kappa shape index (κ3) is 4.20. The molecule has 5 nitrogen and oxygen atoms in total. The lowest BCUT2D eigenvalue weighted by Gasteiger charge is -2.31. The molecule has 0 amide bonds. The van der Waals surface area contributed by atoms with E-state index in [1.165, 1.54) is 24.1 Å². The molecule has 4 rings (SSSR count). The second kappa shape index (κ2) is 7.56. The summed E-state index contributed by atoms with van der Waals surface area (Å²) in [6.07, 6.45) is 0.855. The van der Waals surface area contributed by atoms with Crippen molar-refractivity contribution in [1.29, 1.82) is 0 Å². The third-order valence-electron chi connectivity index (χ3n) is 4.63. The summed E-state index contributed by atoms with van der Waals surface area (Å²) in [6.45, 7) is 1.72. The maximum Gasteiger partial charge on any atom is 0.573 e. The lowest BCUT2D eigenvalue weighted by Crippen LogP contribution is -2.39. The second-order valence-electron chi connectivity index (χ2n) is 6.65. The van der Waals surface area contributed by atoms with Crippen molar-refractivity contribution < 1.29 is 17.9 Å². The van der Waals surface area contributed by atoms with Crippen LogP contribution in [0.2, 0.25) is 0 Å². The Morgan fingerprint density at radius 3 is 2.68 bits per heavy atom. The molecular weight excluding hydrogens is 389 g/mol. The van der Waals surface area contributed by atoms with Crippen LogP contribution in [0.1, 0.15) is 12.8 Å². The van der Waals surface area contributed by atoms with Crippen LogP contribution in [0.5, 0.6) is 5.75 Å². The number of nitrogens with two attached hydrogens (primary N) is 1. The van der Waals surface area contributed by atoms with Crippen LogP contribution in [0.3, 0.4) is 0 Å². The van der Waals surface area contributed by atoms with Crippen molar-refractivity contribution in [3.05, 3.63) is 48.8 Å². The number of nitrogens with zero attached hydrogens (tertiary/aromatic N) is 3. The molecule has 0 unspecified atom stereocenters. The molecule has 28 heavy (non-hydrogen) atoms.